The number of amides is 1. The second-order valence-corrected chi connectivity index (χ2v) is 6.46. The maximum atomic E-state index is 12.4. The Morgan fingerprint density at radius 3 is 2.92 bits per heavy atom. The zero-order valence-electron chi connectivity index (χ0n) is 13.2. The van der Waals surface area contributed by atoms with E-state index < -0.39 is 30.6 Å². The third-order valence-electron chi connectivity index (χ3n) is 3.99. The normalized spacial score (nSPS) is 26.9. The van der Waals surface area contributed by atoms with E-state index in [1.54, 1.807) is 0 Å². The molecular formula is C12H17N7O5S. The fourth-order valence-corrected chi connectivity index (χ4v) is 3.80. The number of fused-ring (bicyclic) bond motifs is 1. The summed E-state index contributed by atoms with van der Waals surface area (Å²) in [6.45, 7) is 0.136. The van der Waals surface area contributed by atoms with Gasteiger partial charge >= 0.3 is 4.87 Å². The molecule has 0 saturated carbocycles. The van der Waals surface area contributed by atoms with Crippen LogP contribution in [0.5, 0.6) is 0 Å². The highest BCUT2D eigenvalue weighted by atomic mass is 32.1. The van der Waals surface area contributed by atoms with Gasteiger partial charge in [0.15, 0.2) is 0 Å². The maximum absolute atomic E-state index is 12.4. The second kappa shape index (κ2) is 7.25. The van der Waals surface area contributed by atoms with E-state index in [-0.39, 0.29) is 16.4 Å². The molecule has 0 spiro atoms. The molecule has 0 aromatic carbocycles. The number of carbonyl (C=O) groups is 1. The smallest absolute Gasteiger partial charge is 0.311 e. The Bertz CT molecular complexity index is 747. The van der Waals surface area contributed by atoms with Gasteiger partial charge in [-0.05, 0) is 12.8 Å². The first-order valence-electron chi connectivity index (χ1n) is 7.48. The summed E-state index contributed by atoms with van der Waals surface area (Å²) in [5.74, 6) is 4.85. The van der Waals surface area contributed by atoms with Crippen LogP contribution in [-0.2, 0) is 9.47 Å². The Hall–Kier alpha value is -2.38. The summed E-state index contributed by atoms with van der Waals surface area (Å²) < 4.78 is 12.2. The number of hydrogen-bond donors (Lipinski definition) is 3. The van der Waals surface area contributed by atoms with Crippen LogP contribution in [0.3, 0.4) is 0 Å². The first-order valence-corrected chi connectivity index (χ1v) is 8.30. The number of anilines is 1. The lowest BCUT2D eigenvalue weighted by Crippen LogP contribution is -2.44. The summed E-state index contributed by atoms with van der Waals surface area (Å²) >= 11 is 0.797. The molecule has 4 N–H and O–H groups in total. The van der Waals surface area contributed by atoms with Gasteiger partial charge in [0.2, 0.25) is 6.29 Å². The number of nitrogens with zero attached hydrogens (tertiary/aromatic N) is 4. The average Bonchev–Trinajstić information content (AvgIpc) is 3.17. The summed E-state index contributed by atoms with van der Waals surface area (Å²) in [6.07, 6.45) is -0.912. The average molecular weight is 371 g/mol. The molecule has 1 amide bonds. The van der Waals surface area contributed by atoms with Crippen LogP contribution in [0.2, 0.25) is 0 Å². The van der Waals surface area contributed by atoms with E-state index in [9.17, 15) is 14.5 Å². The molecule has 1 aromatic rings. The van der Waals surface area contributed by atoms with Gasteiger partial charge in [-0.2, -0.15) is 4.91 Å². The van der Waals surface area contributed by atoms with Crippen molar-refractivity contribution in [3.63, 3.8) is 0 Å². The van der Waals surface area contributed by atoms with Gasteiger partial charge in [-0.1, -0.05) is 21.7 Å². The van der Waals surface area contributed by atoms with Crippen molar-refractivity contribution in [2.24, 2.45) is 21.4 Å². The maximum Gasteiger partial charge on any atom is 0.311 e. The van der Waals surface area contributed by atoms with Crippen LogP contribution in [0.25, 0.3) is 0 Å². The molecule has 12 nitrogen and oxygen atoms in total. The van der Waals surface area contributed by atoms with E-state index in [4.69, 9.17) is 15.3 Å². The SMILES string of the molecule is COCC(N=O)[C@@H]1CC[C@H](n2c3c(sc2=O)C(=O)NC(N=NN)N3)O1. The van der Waals surface area contributed by atoms with Crippen molar-refractivity contribution in [3.05, 3.63) is 19.5 Å². The highest BCUT2D eigenvalue weighted by molar-refractivity contribution is 7.12. The van der Waals surface area contributed by atoms with E-state index in [1.165, 1.54) is 11.7 Å². The molecule has 0 radical (unpaired) electrons. The van der Waals surface area contributed by atoms with Crippen LogP contribution < -0.4 is 21.3 Å². The van der Waals surface area contributed by atoms with Gasteiger partial charge in [0.1, 0.15) is 23.0 Å². The zero-order chi connectivity index (χ0) is 18.0. The van der Waals surface area contributed by atoms with Crippen molar-refractivity contribution in [1.82, 2.24) is 9.88 Å². The molecule has 0 aliphatic carbocycles. The number of nitroso groups, excluding NO2 is 1. The highest BCUT2D eigenvalue weighted by Gasteiger charge is 2.38. The molecule has 1 fully saturated rings. The Kier molecular flexibility index (Phi) is 5.06. The molecule has 3 heterocycles. The number of ether oxygens (including phenoxy) is 2. The van der Waals surface area contributed by atoms with Crippen LogP contribution in [0.15, 0.2) is 20.3 Å². The lowest BCUT2D eigenvalue weighted by atomic mass is 10.1. The molecule has 2 aliphatic rings. The van der Waals surface area contributed by atoms with Crippen molar-refractivity contribution < 1.29 is 14.3 Å². The number of carbonyl (C=O) groups excluding carboxylic acids is 1. The number of rotatable bonds is 6. The van der Waals surface area contributed by atoms with E-state index in [0.717, 1.165) is 11.3 Å². The minimum atomic E-state index is -0.875. The van der Waals surface area contributed by atoms with Gasteiger partial charge < -0.3 is 25.9 Å². The van der Waals surface area contributed by atoms with Crippen LogP contribution in [0, 0.1) is 4.91 Å². The Morgan fingerprint density at radius 2 is 2.24 bits per heavy atom. The minimum Gasteiger partial charge on any atom is -0.382 e. The van der Waals surface area contributed by atoms with Gasteiger partial charge in [0.05, 0.1) is 12.7 Å². The summed E-state index contributed by atoms with van der Waals surface area (Å²) in [5, 5.41) is 15.2. The Labute approximate surface area is 145 Å². The number of thiazole rings is 1. The van der Waals surface area contributed by atoms with Crippen molar-refractivity contribution in [2.45, 2.75) is 37.5 Å². The van der Waals surface area contributed by atoms with Gasteiger partial charge in [-0.15, -0.1) is 5.11 Å². The molecule has 4 atom stereocenters. The van der Waals surface area contributed by atoms with Crippen molar-refractivity contribution in [1.29, 1.82) is 0 Å². The van der Waals surface area contributed by atoms with Gasteiger partial charge in [0.25, 0.3) is 5.91 Å². The fourth-order valence-electron chi connectivity index (χ4n) is 2.91. The van der Waals surface area contributed by atoms with E-state index in [2.05, 4.69) is 26.1 Å². The van der Waals surface area contributed by atoms with E-state index in [1.807, 2.05) is 0 Å². The Morgan fingerprint density at radius 1 is 1.44 bits per heavy atom. The van der Waals surface area contributed by atoms with Crippen LogP contribution in [0.4, 0.5) is 5.82 Å². The monoisotopic (exact) mass is 371 g/mol. The highest BCUT2D eigenvalue weighted by Crippen LogP contribution is 2.35. The topological polar surface area (TPSA) is 162 Å². The summed E-state index contributed by atoms with van der Waals surface area (Å²) in [6, 6.07) is -0.657. The minimum absolute atomic E-state index is 0.136. The molecule has 1 saturated heterocycles. The molecular weight excluding hydrogens is 354 g/mol. The molecule has 2 aliphatic heterocycles. The van der Waals surface area contributed by atoms with Gasteiger partial charge in [-0.25, -0.2) is 0 Å². The van der Waals surface area contributed by atoms with E-state index in [0.29, 0.717) is 18.7 Å². The summed E-state index contributed by atoms with van der Waals surface area (Å²) in [5.41, 5.74) is 0. The van der Waals surface area contributed by atoms with E-state index >= 15 is 0 Å². The molecule has 13 heteroatoms. The lowest BCUT2D eigenvalue weighted by molar-refractivity contribution is -0.0206. The van der Waals surface area contributed by atoms with Crippen molar-refractivity contribution >= 4 is 23.1 Å². The van der Waals surface area contributed by atoms with Gasteiger partial charge in [-0.3, -0.25) is 14.2 Å². The molecule has 2 unspecified atom stereocenters. The molecule has 1 aromatic heterocycles. The lowest BCUT2D eigenvalue weighted by Gasteiger charge is -2.24. The predicted octanol–water partition coefficient (Wildman–Crippen LogP) is 0.134. The molecule has 3 rings (SSSR count). The zero-order valence-corrected chi connectivity index (χ0v) is 14.1. The summed E-state index contributed by atoms with van der Waals surface area (Å²) in [4.78, 5) is 35.3. The third kappa shape index (κ3) is 3.25. The third-order valence-corrected chi connectivity index (χ3v) is 4.95. The fraction of sp³-hybridized carbons (Fsp3) is 0.667. The quantitative estimate of drug-likeness (QED) is 0.277. The number of aromatic nitrogens is 1. The largest absolute Gasteiger partial charge is 0.382 e. The molecule has 136 valence electrons. The number of hydrogen-bond acceptors (Lipinski definition) is 10. The molecule has 25 heavy (non-hydrogen) atoms. The van der Waals surface area contributed by atoms with Crippen molar-refractivity contribution in [2.75, 3.05) is 19.0 Å². The Balaban J connectivity index is 1.86. The second-order valence-electron chi connectivity index (χ2n) is 5.50. The van der Waals surface area contributed by atoms with Crippen LogP contribution in [-0.4, -0.2) is 42.6 Å². The first-order chi connectivity index (χ1) is 12.1. The van der Waals surface area contributed by atoms with Crippen LogP contribution >= 0.6 is 11.3 Å². The van der Waals surface area contributed by atoms with Gasteiger partial charge in [0, 0.05) is 7.11 Å². The van der Waals surface area contributed by atoms with Crippen LogP contribution in [0.1, 0.15) is 28.7 Å². The number of nitrogens with one attached hydrogen (secondary N) is 2. The number of methoxy groups -OCH3 is 1. The number of nitrogens with two attached hydrogens (primary N) is 1. The first kappa shape index (κ1) is 17.4. The van der Waals surface area contributed by atoms with Crippen molar-refractivity contribution in [3.8, 4) is 0 Å². The predicted molar refractivity (Wildman–Crippen MR) is 87.1 cm³/mol. The molecule has 0 bridgehead atoms. The summed E-state index contributed by atoms with van der Waals surface area (Å²) in [7, 11) is 1.47. The standard InChI is InChI=1S/C12H17N7O5S/c1-23-4-5(17-22)6-2-3-7(24-6)19-9-8(25-12(19)21)10(20)15-11(14-9)16-18-13/h5-7,11,14H,2-4H2,1H3,(H2,13,16)(H,15,20)/t5?,6-,7+,11?/m0/s1.